The highest BCUT2D eigenvalue weighted by atomic mass is 16.2. The van der Waals surface area contributed by atoms with E-state index in [9.17, 15) is 4.79 Å². The standard InChI is InChI=1S/C16H17N5O/c22-16-20-10-2-1-7-15(20)18-21(16)12-19-9-4-6-14(19)13-5-3-8-17-11-13/h1-3,5,7-8,10-11,14H,4,6,9,12H2/t14-/m0/s1. The van der Waals surface area contributed by atoms with Crippen molar-refractivity contribution >= 4 is 5.65 Å². The number of hydrogen-bond acceptors (Lipinski definition) is 4. The average Bonchev–Trinajstić information content (AvgIpc) is 3.15. The molecule has 0 spiro atoms. The molecule has 0 radical (unpaired) electrons. The lowest BCUT2D eigenvalue weighted by atomic mass is 10.1. The Morgan fingerprint density at radius 2 is 2.18 bits per heavy atom. The summed E-state index contributed by atoms with van der Waals surface area (Å²) in [6, 6.07) is 9.95. The molecule has 6 heteroatoms. The highest BCUT2D eigenvalue weighted by Crippen LogP contribution is 2.31. The zero-order valence-electron chi connectivity index (χ0n) is 12.2. The number of likely N-dealkylation sites (tertiary alicyclic amines) is 1. The van der Waals surface area contributed by atoms with Gasteiger partial charge in [0.2, 0.25) is 0 Å². The predicted octanol–water partition coefficient (Wildman–Crippen LogP) is 1.69. The third-order valence-electron chi connectivity index (χ3n) is 4.24. The molecule has 0 N–H and O–H groups in total. The molecule has 0 aromatic carbocycles. The van der Waals surface area contributed by atoms with E-state index in [0.717, 1.165) is 19.4 Å². The van der Waals surface area contributed by atoms with Gasteiger partial charge in [0.1, 0.15) is 0 Å². The largest absolute Gasteiger partial charge is 0.351 e. The summed E-state index contributed by atoms with van der Waals surface area (Å²) in [6.07, 6.45) is 7.67. The maximum Gasteiger partial charge on any atom is 0.351 e. The Kier molecular flexibility index (Phi) is 3.23. The molecule has 3 aromatic rings. The molecule has 112 valence electrons. The third kappa shape index (κ3) is 2.21. The fourth-order valence-electron chi connectivity index (χ4n) is 3.18. The minimum Gasteiger partial charge on any atom is -0.277 e. The topological polar surface area (TPSA) is 55.4 Å². The predicted molar refractivity (Wildman–Crippen MR) is 82.4 cm³/mol. The van der Waals surface area contributed by atoms with Crippen LogP contribution >= 0.6 is 0 Å². The number of aromatic nitrogens is 4. The van der Waals surface area contributed by atoms with Crippen LogP contribution in [0, 0.1) is 0 Å². The van der Waals surface area contributed by atoms with E-state index in [0.29, 0.717) is 18.4 Å². The van der Waals surface area contributed by atoms with Crippen LogP contribution < -0.4 is 5.69 Å². The molecular formula is C16H17N5O. The van der Waals surface area contributed by atoms with Gasteiger partial charge >= 0.3 is 5.69 Å². The van der Waals surface area contributed by atoms with Gasteiger partial charge in [0, 0.05) is 31.2 Å². The quantitative estimate of drug-likeness (QED) is 0.738. The van der Waals surface area contributed by atoms with Crippen LogP contribution in [0.3, 0.4) is 0 Å². The Morgan fingerprint density at radius 3 is 3.00 bits per heavy atom. The zero-order valence-corrected chi connectivity index (χ0v) is 12.2. The van der Waals surface area contributed by atoms with Crippen LogP contribution in [0.5, 0.6) is 0 Å². The first-order chi connectivity index (χ1) is 10.8. The molecule has 0 unspecified atom stereocenters. The van der Waals surface area contributed by atoms with Crippen LogP contribution in [0.25, 0.3) is 5.65 Å². The van der Waals surface area contributed by atoms with Crippen molar-refractivity contribution in [1.29, 1.82) is 0 Å². The number of nitrogens with zero attached hydrogens (tertiary/aromatic N) is 5. The summed E-state index contributed by atoms with van der Waals surface area (Å²) >= 11 is 0. The van der Waals surface area contributed by atoms with E-state index in [2.05, 4.69) is 21.0 Å². The Bertz CT molecular complexity index is 838. The summed E-state index contributed by atoms with van der Waals surface area (Å²) in [4.78, 5) is 18.9. The average molecular weight is 295 g/mol. The second kappa shape index (κ2) is 5.38. The van der Waals surface area contributed by atoms with E-state index >= 15 is 0 Å². The van der Waals surface area contributed by atoms with E-state index in [4.69, 9.17) is 0 Å². The summed E-state index contributed by atoms with van der Waals surface area (Å²) in [5.74, 6) is 0. The summed E-state index contributed by atoms with van der Waals surface area (Å²) in [7, 11) is 0. The minimum absolute atomic E-state index is 0.0903. The van der Waals surface area contributed by atoms with Crippen LogP contribution in [0.1, 0.15) is 24.4 Å². The molecule has 1 aliphatic heterocycles. The van der Waals surface area contributed by atoms with Crippen LogP contribution in [-0.2, 0) is 6.67 Å². The molecule has 4 heterocycles. The van der Waals surface area contributed by atoms with Gasteiger partial charge in [-0.05, 0) is 36.6 Å². The lowest BCUT2D eigenvalue weighted by Crippen LogP contribution is -2.32. The van der Waals surface area contributed by atoms with Gasteiger partial charge in [-0.15, -0.1) is 5.10 Å². The molecule has 0 amide bonds. The summed E-state index contributed by atoms with van der Waals surface area (Å²) < 4.78 is 3.12. The van der Waals surface area contributed by atoms with Crippen LogP contribution in [0.15, 0.2) is 53.7 Å². The maximum atomic E-state index is 12.4. The van der Waals surface area contributed by atoms with Crippen molar-refractivity contribution in [2.75, 3.05) is 6.54 Å². The molecule has 1 atom stereocenters. The fraction of sp³-hybridized carbons (Fsp3) is 0.312. The Balaban J connectivity index is 1.64. The second-order valence-corrected chi connectivity index (χ2v) is 5.61. The number of pyridine rings is 2. The minimum atomic E-state index is -0.0903. The summed E-state index contributed by atoms with van der Waals surface area (Å²) in [6.45, 7) is 1.49. The van der Waals surface area contributed by atoms with Gasteiger partial charge in [-0.25, -0.2) is 4.79 Å². The van der Waals surface area contributed by atoms with E-state index in [1.165, 1.54) is 5.56 Å². The number of fused-ring (bicyclic) bond motifs is 1. The normalized spacial score (nSPS) is 19.0. The molecule has 0 bridgehead atoms. The van der Waals surface area contributed by atoms with Crippen molar-refractivity contribution in [3.63, 3.8) is 0 Å². The first-order valence-corrected chi connectivity index (χ1v) is 7.51. The molecule has 0 aliphatic carbocycles. The van der Waals surface area contributed by atoms with E-state index < -0.39 is 0 Å². The van der Waals surface area contributed by atoms with Crippen LogP contribution in [0.2, 0.25) is 0 Å². The molecular weight excluding hydrogens is 278 g/mol. The lowest BCUT2D eigenvalue weighted by molar-refractivity contribution is 0.188. The smallest absolute Gasteiger partial charge is 0.277 e. The van der Waals surface area contributed by atoms with Crippen molar-refractivity contribution in [3.8, 4) is 0 Å². The van der Waals surface area contributed by atoms with E-state index in [1.54, 1.807) is 21.5 Å². The van der Waals surface area contributed by atoms with E-state index in [-0.39, 0.29) is 5.69 Å². The molecule has 1 fully saturated rings. The third-order valence-corrected chi connectivity index (χ3v) is 4.24. The first kappa shape index (κ1) is 13.2. The molecule has 1 saturated heterocycles. The lowest BCUT2D eigenvalue weighted by Gasteiger charge is -2.23. The second-order valence-electron chi connectivity index (χ2n) is 5.61. The summed E-state index contributed by atoms with van der Waals surface area (Å²) in [5.41, 5.74) is 1.80. The van der Waals surface area contributed by atoms with Crippen LogP contribution in [-0.4, -0.2) is 30.6 Å². The Morgan fingerprint density at radius 1 is 1.23 bits per heavy atom. The summed E-state index contributed by atoms with van der Waals surface area (Å²) in [5, 5.41) is 4.41. The van der Waals surface area contributed by atoms with Gasteiger partial charge < -0.3 is 0 Å². The molecule has 0 saturated carbocycles. The first-order valence-electron chi connectivity index (χ1n) is 7.51. The van der Waals surface area contributed by atoms with Crippen molar-refractivity contribution in [2.24, 2.45) is 0 Å². The zero-order chi connectivity index (χ0) is 14.9. The monoisotopic (exact) mass is 295 g/mol. The Labute approximate surface area is 127 Å². The Hall–Kier alpha value is -2.47. The van der Waals surface area contributed by atoms with Crippen LogP contribution in [0.4, 0.5) is 0 Å². The number of hydrogen-bond donors (Lipinski definition) is 0. The number of rotatable bonds is 3. The van der Waals surface area contributed by atoms with Crippen molar-refractivity contribution in [3.05, 3.63) is 65.0 Å². The van der Waals surface area contributed by atoms with Crippen molar-refractivity contribution in [2.45, 2.75) is 25.6 Å². The SMILES string of the molecule is O=c1n(CN2CCC[C@H]2c2cccnc2)nc2ccccn12. The maximum absolute atomic E-state index is 12.4. The van der Waals surface area contributed by atoms with Gasteiger partial charge in [0.05, 0.1) is 6.67 Å². The van der Waals surface area contributed by atoms with Crippen molar-refractivity contribution in [1.82, 2.24) is 24.1 Å². The highest BCUT2D eigenvalue weighted by molar-refractivity contribution is 5.35. The van der Waals surface area contributed by atoms with Gasteiger partial charge in [0.15, 0.2) is 5.65 Å². The van der Waals surface area contributed by atoms with Gasteiger partial charge in [-0.3, -0.25) is 14.3 Å². The molecule has 3 aromatic heterocycles. The van der Waals surface area contributed by atoms with Gasteiger partial charge in [-0.2, -0.15) is 4.68 Å². The molecule has 22 heavy (non-hydrogen) atoms. The van der Waals surface area contributed by atoms with E-state index in [1.807, 2.05) is 30.5 Å². The highest BCUT2D eigenvalue weighted by Gasteiger charge is 2.27. The molecule has 4 rings (SSSR count). The fourth-order valence-corrected chi connectivity index (χ4v) is 3.18. The molecule has 6 nitrogen and oxygen atoms in total. The van der Waals surface area contributed by atoms with Crippen molar-refractivity contribution < 1.29 is 0 Å². The van der Waals surface area contributed by atoms with Gasteiger partial charge in [-0.1, -0.05) is 12.1 Å². The molecule has 1 aliphatic rings. The van der Waals surface area contributed by atoms with Gasteiger partial charge in [0.25, 0.3) is 0 Å².